The molecule has 0 amide bonds. The zero-order chi connectivity index (χ0) is 21.2. The number of hydrogen-bond donors (Lipinski definition) is 0. The van der Waals surface area contributed by atoms with Gasteiger partial charge in [-0.05, 0) is 50.0 Å². The maximum absolute atomic E-state index is 5.65. The normalized spacial score (nSPS) is 13.5. The van der Waals surface area contributed by atoms with Crippen molar-refractivity contribution in [3.8, 4) is 22.7 Å². The molecule has 0 N–H and O–H groups in total. The second-order valence-corrected chi connectivity index (χ2v) is 7.93. The van der Waals surface area contributed by atoms with Crippen LogP contribution in [0.3, 0.4) is 0 Å². The molecule has 0 radical (unpaired) electrons. The predicted octanol–water partition coefficient (Wildman–Crippen LogP) is 5.56. The minimum Gasteiger partial charge on any atom is -0.495 e. The molecule has 3 heterocycles. The Kier molecular flexibility index (Phi) is 5.16. The summed E-state index contributed by atoms with van der Waals surface area (Å²) in [5.74, 6) is 1.83. The largest absolute Gasteiger partial charge is 0.495 e. The molecular formula is C26H26N4O. The van der Waals surface area contributed by atoms with E-state index >= 15 is 0 Å². The molecule has 5 rings (SSSR count). The maximum Gasteiger partial charge on any atom is 0.143 e. The lowest BCUT2D eigenvalue weighted by molar-refractivity contribution is 0.413. The van der Waals surface area contributed by atoms with Crippen LogP contribution in [-0.2, 0) is 13.0 Å². The summed E-state index contributed by atoms with van der Waals surface area (Å²) in [6, 6.07) is 16.7. The highest BCUT2D eigenvalue weighted by Crippen LogP contribution is 2.30. The summed E-state index contributed by atoms with van der Waals surface area (Å²) in [5, 5.41) is 0. The molecule has 0 spiro atoms. The Balaban J connectivity index is 1.49. The Morgan fingerprint density at radius 3 is 2.68 bits per heavy atom. The molecule has 1 aliphatic rings. The van der Waals surface area contributed by atoms with Gasteiger partial charge in [0.25, 0.3) is 0 Å². The van der Waals surface area contributed by atoms with E-state index in [2.05, 4.69) is 70.2 Å². The van der Waals surface area contributed by atoms with E-state index in [0.717, 1.165) is 47.2 Å². The van der Waals surface area contributed by atoms with Crippen LogP contribution in [0.4, 0.5) is 0 Å². The number of benzene rings is 2. The quantitative estimate of drug-likeness (QED) is 0.433. The molecule has 0 fully saturated rings. The topological polar surface area (TPSA) is 44.9 Å². The fourth-order valence-corrected chi connectivity index (χ4v) is 4.26. The van der Waals surface area contributed by atoms with E-state index in [-0.39, 0.29) is 0 Å². The minimum atomic E-state index is 0.815. The average molecular weight is 411 g/mol. The molecule has 2 aromatic heterocycles. The van der Waals surface area contributed by atoms with Crippen LogP contribution in [-0.4, -0.2) is 26.2 Å². The van der Waals surface area contributed by atoms with Gasteiger partial charge >= 0.3 is 0 Å². The van der Waals surface area contributed by atoms with Crippen molar-refractivity contribution < 1.29 is 4.74 Å². The van der Waals surface area contributed by atoms with Crippen molar-refractivity contribution in [3.05, 3.63) is 83.8 Å². The minimum absolute atomic E-state index is 0.815. The third kappa shape index (κ3) is 3.79. The lowest BCUT2D eigenvalue weighted by atomic mass is 10.0. The van der Waals surface area contributed by atoms with E-state index in [1.54, 1.807) is 7.11 Å². The average Bonchev–Trinajstić information content (AvgIpc) is 3.42. The number of aryl methyl sites for hydroxylation is 1. The van der Waals surface area contributed by atoms with Gasteiger partial charge in [0.2, 0.25) is 0 Å². The molecule has 1 aliphatic heterocycles. The predicted molar refractivity (Wildman–Crippen MR) is 124 cm³/mol. The van der Waals surface area contributed by atoms with Crippen LogP contribution >= 0.6 is 0 Å². The fourth-order valence-electron chi connectivity index (χ4n) is 4.26. The van der Waals surface area contributed by atoms with Gasteiger partial charge in [-0.25, -0.2) is 9.97 Å². The van der Waals surface area contributed by atoms with E-state index in [0.29, 0.717) is 0 Å². The molecule has 2 aromatic carbocycles. The first-order valence-electron chi connectivity index (χ1n) is 10.7. The molecule has 0 saturated heterocycles. The molecule has 0 atom stereocenters. The highest BCUT2D eigenvalue weighted by molar-refractivity contribution is 5.72. The second kappa shape index (κ2) is 8.26. The lowest BCUT2D eigenvalue weighted by Crippen LogP contribution is -2.11. The summed E-state index contributed by atoms with van der Waals surface area (Å²) in [7, 11) is 1.70. The van der Waals surface area contributed by atoms with Gasteiger partial charge in [0.05, 0.1) is 30.5 Å². The summed E-state index contributed by atoms with van der Waals surface area (Å²) in [6.07, 6.45) is 11.5. The van der Waals surface area contributed by atoms with Crippen LogP contribution < -0.4 is 4.74 Å². The number of ether oxygens (including phenoxy) is 1. The van der Waals surface area contributed by atoms with Gasteiger partial charge in [0.15, 0.2) is 0 Å². The molecule has 0 aliphatic carbocycles. The fraction of sp³-hybridized carbons (Fsp3) is 0.231. The molecule has 4 aromatic rings. The van der Waals surface area contributed by atoms with E-state index in [4.69, 9.17) is 9.72 Å². The summed E-state index contributed by atoms with van der Waals surface area (Å²) in [6.45, 7) is 3.01. The first-order chi connectivity index (χ1) is 15.2. The monoisotopic (exact) mass is 410 g/mol. The van der Waals surface area contributed by atoms with Crippen LogP contribution in [0.15, 0.2) is 61.1 Å². The first-order valence-corrected chi connectivity index (χ1v) is 10.7. The second-order valence-electron chi connectivity index (χ2n) is 7.93. The summed E-state index contributed by atoms with van der Waals surface area (Å²) in [4.78, 5) is 9.34. The van der Waals surface area contributed by atoms with Gasteiger partial charge < -0.3 is 13.9 Å². The van der Waals surface area contributed by atoms with Crippen LogP contribution in [0.25, 0.3) is 29.1 Å². The Morgan fingerprint density at radius 1 is 1.03 bits per heavy atom. The number of fused-ring (bicyclic) bond motifs is 1. The van der Waals surface area contributed by atoms with E-state index in [1.807, 2.05) is 24.0 Å². The highest BCUT2D eigenvalue weighted by atomic mass is 16.5. The van der Waals surface area contributed by atoms with E-state index in [9.17, 15) is 0 Å². The number of rotatable bonds is 5. The Bertz CT molecular complexity index is 1230. The molecule has 5 nitrogen and oxygen atoms in total. The van der Waals surface area contributed by atoms with Gasteiger partial charge in [-0.2, -0.15) is 0 Å². The Labute approximate surface area is 182 Å². The van der Waals surface area contributed by atoms with Crippen molar-refractivity contribution in [2.24, 2.45) is 0 Å². The van der Waals surface area contributed by atoms with Gasteiger partial charge in [0.1, 0.15) is 11.6 Å². The van der Waals surface area contributed by atoms with Gasteiger partial charge in [-0.3, -0.25) is 0 Å². The number of nitrogens with zero attached hydrogens (tertiary/aromatic N) is 4. The summed E-state index contributed by atoms with van der Waals surface area (Å²) in [5.41, 5.74) is 6.68. The van der Waals surface area contributed by atoms with E-state index in [1.165, 1.54) is 24.1 Å². The third-order valence-corrected chi connectivity index (χ3v) is 5.81. The van der Waals surface area contributed by atoms with Crippen molar-refractivity contribution in [1.82, 2.24) is 19.1 Å². The van der Waals surface area contributed by atoms with Crippen molar-refractivity contribution in [2.45, 2.75) is 32.7 Å². The number of imidazole rings is 2. The summed E-state index contributed by atoms with van der Waals surface area (Å²) >= 11 is 0. The number of aromatic nitrogens is 4. The molecule has 31 heavy (non-hydrogen) atoms. The van der Waals surface area contributed by atoms with Crippen molar-refractivity contribution in [3.63, 3.8) is 0 Å². The van der Waals surface area contributed by atoms with Gasteiger partial charge in [0, 0.05) is 24.0 Å². The zero-order valence-corrected chi connectivity index (χ0v) is 18.0. The highest BCUT2D eigenvalue weighted by Gasteiger charge is 2.19. The molecule has 0 bridgehead atoms. The third-order valence-electron chi connectivity index (χ3n) is 5.81. The maximum atomic E-state index is 5.65. The van der Waals surface area contributed by atoms with Crippen molar-refractivity contribution in [1.29, 1.82) is 0 Å². The standard InChI is InChI=1S/C26H26N4O/c1-19-17-29(18-27-19)22-13-11-20(16-24(22)31-2)12-14-25-28-26(21-8-4-3-5-9-21)23-10-6-7-15-30(23)25/h3-5,8-9,11-14,16-18H,6-7,10,15H2,1-2H3/b14-12+. The number of methoxy groups -OCH3 is 1. The van der Waals surface area contributed by atoms with Gasteiger partial charge in [-0.1, -0.05) is 42.5 Å². The SMILES string of the molecule is COc1cc(/C=C/c2nc(-c3ccccc3)c3n2CCCC3)ccc1-n1cnc(C)c1. The Morgan fingerprint density at radius 2 is 1.90 bits per heavy atom. The smallest absolute Gasteiger partial charge is 0.143 e. The zero-order valence-electron chi connectivity index (χ0n) is 18.0. The van der Waals surface area contributed by atoms with Crippen LogP contribution in [0.1, 0.15) is 35.6 Å². The first kappa shape index (κ1) is 19.4. The van der Waals surface area contributed by atoms with Crippen LogP contribution in [0, 0.1) is 6.92 Å². The molecule has 5 heteroatoms. The van der Waals surface area contributed by atoms with Gasteiger partial charge in [-0.15, -0.1) is 0 Å². The van der Waals surface area contributed by atoms with E-state index < -0.39 is 0 Å². The molecule has 156 valence electrons. The van der Waals surface area contributed by atoms with Crippen LogP contribution in [0.5, 0.6) is 5.75 Å². The molecular weight excluding hydrogens is 384 g/mol. The summed E-state index contributed by atoms with van der Waals surface area (Å²) < 4.78 is 10.0. The van der Waals surface area contributed by atoms with Crippen molar-refractivity contribution >= 4 is 12.2 Å². The van der Waals surface area contributed by atoms with Crippen LogP contribution in [0.2, 0.25) is 0 Å². The molecule has 0 unspecified atom stereocenters. The lowest BCUT2D eigenvalue weighted by Gasteiger charge is -2.16. The Hall–Kier alpha value is -3.60. The van der Waals surface area contributed by atoms with Crippen molar-refractivity contribution in [2.75, 3.05) is 7.11 Å². The molecule has 0 saturated carbocycles. The number of hydrogen-bond acceptors (Lipinski definition) is 3.